The van der Waals surface area contributed by atoms with Gasteiger partial charge in [-0.25, -0.2) is 8.42 Å². The number of nitrogens with zero attached hydrogens (tertiary/aromatic N) is 1. The molecule has 1 heterocycles. The molecule has 0 bridgehead atoms. The molecule has 1 rings (SSSR count). The normalized spacial score (nSPS) is 14.3. The molecule has 0 saturated heterocycles. The first-order valence-electron chi connectivity index (χ1n) is 6.56. The Morgan fingerprint density at radius 3 is 2.53 bits per heavy atom. The highest BCUT2D eigenvalue weighted by Crippen LogP contribution is 2.24. The summed E-state index contributed by atoms with van der Waals surface area (Å²) in [6.07, 6.45) is 0. The fourth-order valence-corrected chi connectivity index (χ4v) is 4.37. The largest absolute Gasteiger partial charge is 0.312 e. The highest BCUT2D eigenvalue weighted by atomic mass is 32.2. The molecule has 110 valence electrons. The van der Waals surface area contributed by atoms with Crippen LogP contribution in [-0.2, 0) is 16.6 Å². The molecule has 1 atom stereocenters. The molecular formula is C13H24N2O2S2. The SMILES string of the molecule is CCNCc1cc(S(=O)(=O)N(C)C(C)C(C)C)cs1. The van der Waals surface area contributed by atoms with Gasteiger partial charge in [0, 0.05) is 29.9 Å². The zero-order chi connectivity index (χ0) is 14.6. The summed E-state index contributed by atoms with van der Waals surface area (Å²) in [5.74, 6) is 0.291. The van der Waals surface area contributed by atoms with Crippen molar-refractivity contribution in [3.63, 3.8) is 0 Å². The molecule has 1 aromatic heterocycles. The molecule has 0 aliphatic carbocycles. The van der Waals surface area contributed by atoms with E-state index >= 15 is 0 Å². The monoisotopic (exact) mass is 304 g/mol. The quantitative estimate of drug-likeness (QED) is 0.842. The van der Waals surface area contributed by atoms with Gasteiger partial charge < -0.3 is 5.32 Å². The molecule has 1 aromatic rings. The smallest absolute Gasteiger partial charge is 0.243 e. The van der Waals surface area contributed by atoms with E-state index in [9.17, 15) is 8.42 Å². The van der Waals surface area contributed by atoms with Gasteiger partial charge in [0.25, 0.3) is 0 Å². The minimum atomic E-state index is -3.37. The number of rotatable bonds is 7. The molecule has 0 amide bonds. The maximum Gasteiger partial charge on any atom is 0.243 e. The maximum absolute atomic E-state index is 12.5. The van der Waals surface area contributed by atoms with Gasteiger partial charge in [0.1, 0.15) is 0 Å². The van der Waals surface area contributed by atoms with Crippen LogP contribution in [0.25, 0.3) is 0 Å². The molecule has 1 N–H and O–H groups in total. The number of hydrogen-bond acceptors (Lipinski definition) is 4. The van der Waals surface area contributed by atoms with Crippen molar-refractivity contribution in [2.24, 2.45) is 5.92 Å². The second-order valence-corrected chi connectivity index (χ2v) is 8.03. The molecule has 0 aliphatic rings. The summed E-state index contributed by atoms with van der Waals surface area (Å²) in [5.41, 5.74) is 0. The standard InChI is InChI=1S/C13H24N2O2S2/c1-6-14-8-12-7-13(9-18-12)19(16,17)15(5)11(4)10(2)3/h7,9-11,14H,6,8H2,1-5H3. The summed E-state index contributed by atoms with van der Waals surface area (Å²) in [6, 6.07) is 1.76. The number of hydrogen-bond donors (Lipinski definition) is 1. The van der Waals surface area contributed by atoms with Crippen LogP contribution in [0.5, 0.6) is 0 Å². The van der Waals surface area contributed by atoms with Crippen molar-refractivity contribution < 1.29 is 8.42 Å². The van der Waals surface area contributed by atoms with Crippen LogP contribution in [0.15, 0.2) is 16.3 Å². The molecule has 4 nitrogen and oxygen atoms in total. The van der Waals surface area contributed by atoms with Crippen LogP contribution >= 0.6 is 11.3 Å². The Kier molecular flexibility index (Phi) is 5.98. The van der Waals surface area contributed by atoms with Crippen LogP contribution in [0.2, 0.25) is 0 Å². The summed E-state index contributed by atoms with van der Waals surface area (Å²) in [4.78, 5) is 1.45. The van der Waals surface area contributed by atoms with Crippen molar-refractivity contribution >= 4 is 21.4 Å². The summed E-state index contributed by atoms with van der Waals surface area (Å²) in [5, 5.41) is 4.93. The Labute approximate surface area is 120 Å². The van der Waals surface area contributed by atoms with Gasteiger partial charge in [0.2, 0.25) is 10.0 Å². The molecule has 0 aliphatic heterocycles. The van der Waals surface area contributed by atoms with Crippen LogP contribution in [0.1, 0.15) is 32.6 Å². The average Bonchev–Trinajstić information content (AvgIpc) is 2.83. The van der Waals surface area contributed by atoms with Crippen LogP contribution < -0.4 is 5.32 Å². The molecule has 0 saturated carbocycles. The summed E-state index contributed by atoms with van der Waals surface area (Å²) >= 11 is 1.49. The van der Waals surface area contributed by atoms with E-state index in [0.717, 1.165) is 18.0 Å². The minimum absolute atomic E-state index is 0.0119. The predicted octanol–water partition coefficient (Wildman–Crippen LogP) is 2.52. The van der Waals surface area contributed by atoms with Gasteiger partial charge in [0.15, 0.2) is 0 Å². The Bertz CT molecular complexity index is 494. The van der Waals surface area contributed by atoms with E-state index in [4.69, 9.17) is 0 Å². The van der Waals surface area contributed by atoms with Crippen molar-refractivity contribution in [2.75, 3.05) is 13.6 Å². The van der Waals surface area contributed by atoms with Crippen LogP contribution in [0.3, 0.4) is 0 Å². The molecule has 19 heavy (non-hydrogen) atoms. The van der Waals surface area contributed by atoms with E-state index in [1.54, 1.807) is 18.5 Å². The lowest BCUT2D eigenvalue weighted by molar-refractivity contribution is 0.316. The molecule has 0 aromatic carbocycles. The molecule has 0 fully saturated rings. The fraction of sp³-hybridized carbons (Fsp3) is 0.692. The van der Waals surface area contributed by atoms with E-state index in [2.05, 4.69) is 5.32 Å². The molecule has 0 radical (unpaired) electrons. The van der Waals surface area contributed by atoms with Gasteiger partial charge in [-0.05, 0) is 25.5 Å². The summed E-state index contributed by atoms with van der Waals surface area (Å²) in [7, 11) is -1.72. The predicted molar refractivity (Wildman–Crippen MR) is 80.9 cm³/mol. The third-order valence-corrected chi connectivity index (χ3v) is 6.40. The Hall–Kier alpha value is -0.430. The topological polar surface area (TPSA) is 49.4 Å². The van der Waals surface area contributed by atoms with Crippen LogP contribution in [-0.4, -0.2) is 32.4 Å². The molecular weight excluding hydrogens is 280 g/mol. The number of thiophene rings is 1. The number of sulfonamides is 1. The highest BCUT2D eigenvalue weighted by molar-refractivity contribution is 7.89. The maximum atomic E-state index is 12.5. The molecule has 0 spiro atoms. The van der Waals surface area contributed by atoms with E-state index in [1.807, 2.05) is 27.7 Å². The zero-order valence-electron chi connectivity index (χ0n) is 12.3. The lowest BCUT2D eigenvalue weighted by atomic mass is 10.1. The van der Waals surface area contributed by atoms with E-state index in [-0.39, 0.29) is 6.04 Å². The Balaban J connectivity index is 2.91. The lowest BCUT2D eigenvalue weighted by Crippen LogP contribution is -2.38. The minimum Gasteiger partial charge on any atom is -0.312 e. The van der Waals surface area contributed by atoms with Gasteiger partial charge in [-0.1, -0.05) is 20.8 Å². The Morgan fingerprint density at radius 1 is 1.37 bits per heavy atom. The first-order chi connectivity index (χ1) is 8.80. The third-order valence-electron chi connectivity index (χ3n) is 3.39. The summed E-state index contributed by atoms with van der Waals surface area (Å²) in [6.45, 7) is 9.63. The zero-order valence-corrected chi connectivity index (χ0v) is 13.9. The van der Waals surface area contributed by atoms with Crippen molar-refractivity contribution in [3.05, 3.63) is 16.3 Å². The van der Waals surface area contributed by atoms with Gasteiger partial charge >= 0.3 is 0 Å². The second-order valence-electron chi connectivity index (χ2n) is 5.03. The van der Waals surface area contributed by atoms with E-state index < -0.39 is 10.0 Å². The third kappa shape index (κ3) is 4.02. The van der Waals surface area contributed by atoms with E-state index in [1.165, 1.54) is 15.6 Å². The molecule has 6 heteroatoms. The van der Waals surface area contributed by atoms with E-state index in [0.29, 0.717) is 10.8 Å². The fourth-order valence-electron chi connectivity index (χ4n) is 1.64. The first kappa shape index (κ1) is 16.6. The van der Waals surface area contributed by atoms with Crippen molar-refractivity contribution in [1.29, 1.82) is 0 Å². The second kappa shape index (κ2) is 6.83. The van der Waals surface area contributed by atoms with Gasteiger partial charge in [-0.3, -0.25) is 0 Å². The lowest BCUT2D eigenvalue weighted by Gasteiger charge is -2.26. The van der Waals surface area contributed by atoms with Crippen molar-refractivity contribution in [1.82, 2.24) is 9.62 Å². The Morgan fingerprint density at radius 2 is 2.00 bits per heavy atom. The highest BCUT2D eigenvalue weighted by Gasteiger charge is 2.27. The average molecular weight is 304 g/mol. The molecule has 1 unspecified atom stereocenters. The van der Waals surface area contributed by atoms with Gasteiger partial charge in [-0.15, -0.1) is 11.3 Å². The van der Waals surface area contributed by atoms with Crippen LogP contribution in [0.4, 0.5) is 0 Å². The van der Waals surface area contributed by atoms with Crippen molar-refractivity contribution in [2.45, 2.75) is 45.2 Å². The van der Waals surface area contributed by atoms with Gasteiger partial charge in [0.05, 0.1) is 4.90 Å². The van der Waals surface area contributed by atoms with Gasteiger partial charge in [-0.2, -0.15) is 4.31 Å². The van der Waals surface area contributed by atoms with Crippen molar-refractivity contribution in [3.8, 4) is 0 Å². The summed E-state index contributed by atoms with van der Waals surface area (Å²) < 4.78 is 26.4. The number of nitrogens with one attached hydrogen (secondary N) is 1. The first-order valence-corrected chi connectivity index (χ1v) is 8.88. The van der Waals surface area contributed by atoms with Crippen LogP contribution in [0, 0.1) is 5.92 Å².